The Bertz CT molecular complexity index is 1120. The molecule has 1 fully saturated rings. The van der Waals surface area contributed by atoms with Crippen LogP contribution in [0.3, 0.4) is 0 Å². The Kier molecular flexibility index (Phi) is 4.94. The number of imidazole rings is 1. The van der Waals surface area contributed by atoms with E-state index in [1.165, 1.54) is 11.1 Å². The fourth-order valence-corrected chi connectivity index (χ4v) is 4.55. The fraction of sp³-hybridized carbons (Fsp3) is 0.292. The maximum absolute atomic E-state index is 13.3. The van der Waals surface area contributed by atoms with E-state index in [4.69, 9.17) is 5.73 Å². The summed E-state index contributed by atoms with van der Waals surface area (Å²) < 4.78 is 2.06. The van der Waals surface area contributed by atoms with Crippen LogP contribution >= 0.6 is 0 Å². The number of nitrogens with two attached hydrogens (primary N) is 1. The maximum atomic E-state index is 13.3. The molecule has 2 aromatic carbocycles. The first-order chi connectivity index (χ1) is 15.1. The van der Waals surface area contributed by atoms with E-state index in [0.717, 1.165) is 30.8 Å². The van der Waals surface area contributed by atoms with Crippen molar-refractivity contribution >= 4 is 28.9 Å². The molecule has 7 heteroatoms. The van der Waals surface area contributed by atoms with Crippen LogP contribution in [0.4, 0.5) is 17.1 Å². The van der Waals surface area contributed by atoms with E-state index in [1.807, 2.05) is 29.6 Å². The Labute approximate surface area is 181 Å². The highest BCUT2D eigenvalue weighted by molar-refractivity contribution is 6.05. The minimum atomic E-state index is -0.333. The number of hydrogen-bond donors (Lipinski definition) is 1. The number of carbonyl (C=O) groups is 2. The molecule has 0 radical (unpaired) electrons. The van der Waals surface area contributed by atoms with Gasteiger partial charge in [-0.2, -0.15) is 0 Å². The van der Waals surface area contributed by atoms with E-state index >= 15 is 0 Å². The second-order valence-electron chi connectivity index (χ2n) is 8.25. The summed E-state index contributed by atoms with van der Waals surface area (Å²) in [7, 11) is 0. The highest BCUT2D eigenvalue weighted by Crippen LogP contribution is 2.33. The van der Waals surface area contributed by atoms with Crippen LogP contribution in [-0.4, -0.2) is 34.5 Å². The smallest absolute Gasteiger partial charge is 0.232 e. The van der Waals surface area contributed by atoms with Crippen LogP contribution in [0.1, 0.15) is 17.5 Å². The second-order valence-corrected chi connectivity index (χ2v) is 8.25. The third kappa shape index (κ3) is 3.79. The van der Waals surface area contributed by atoms with E-state index in [0.29, 0.717) is 18.8 Å². The summed E-state index contributed by atoms with van der Waals surface area (Å²) in [6.07, 6.45) is 7.58. The number of carbonyl (C=O) groups excluding carboxylic acids is 2. The summed E-state index contributed by atoms with van der Waals surface area (Å²) in [5.74, 6) is -0.330. The number of hydrogen-bond acceptors (Lipinski definition) is 4. The summed E-state index contributed by atoms with van der Waals surface area (Å²) in [6, 6.07) is 13.6. The molecule has 2 aliphatic heterocycles. The SMILES string of the molecule is Nc1cccc(N2CC(C(=O)N3CCc4cc(CCn5ccnc5)ccc43)CC2=O)c1. The van der Waals surface area contributed by atoms with Crippen molar-refractivity contribution in [3.8, 4) is 0 Å². The van der Waals surface area contributed by atoms with Gasteiger partial charge in [0.2, 0.25) is 11.8 Å². The standard InChI is InChI=1S/C24H25N5O2/c25-20-2-1-3-21(14-20)29-15-19(13-23(29)30)24(31)28-10-7-18-12-17(4-5-22(18)28)6-9-27-11-8-26-16-27/h1-5,8,11-12,14,16,19H,6-7,9-10,13,15,25H2. The van der Waals surface area contributed by atoms with Gasteiger partial charge in [0.25, 0.3) is 0 Å². The lowest BCUT2D eigenvalue weighted by Gasteiger charge is -2.22. The van der Waals surface area contributed by atoms with Crippen LogP contribution in [0.5, 0.6) is 0 Å². The molecule has 3 aromatic rings. The summed E-state index contributed by atoms with van der Waals surface area (Å²) in [6.45, 7) is 1.95. The lowest BCUT2D eigenvalue weighted by Crippen LogP contribution is -2.36. The number of fused-ring (bicyclic) bond motifs is 1. The molecule has 1 unspecified atom stereocenters. The predicted molar refractivity (Wildman–Crippen MR) is 120 cm³/mol. The van der Waals surface area contributed by atoms with Gasteiger partial charge in [-0.15, -0.1) is 0 Å². The number of anilines is 3. The van der Waals surface area contributed by atoms with Gasteiger partial charge >= 0.3 is 0 Å². The van der Waals surface area contributed by atoms with Gasteiger partial charge in [-0.25, -0.2) is 4.98 Å². The molecule has 158 valence electrons. The van der Waals surface area contributed by atoms with Crippen molar-refractivity contribution in [2.75, 3.05) is 28.6 Å². The monoisotopic (exact) mass is 415 g/mol. The number of aryl methyl sites for hydroxylation is 2. The molecule has 2 aliphatic rings. The van der Waals surface area contributed by atoms with Gasteiger partial charge in [0.05, 0.1) is 12.2 Å². The molecule has 1 aromatic heterocycles. The lowest BCUT2D eigenvalue weighted by atomic mass is 10.0. The fourth-order valence-electron chi connectivity index (χ4n) is 4.55. The number of nitrogens with zero attached hydrogens (tertiary/aromatic N) is 4. The summed E-state index contributed by atoms with van der Waals surface area (Å²) >= 11 is 0. The summed E-state index contributed by atoms with van der Waals surface area (Å²) in [5, 5.41) is 0. The first-order valence-corrected chi connectivity index (χ1v) is 10.6. The highest BCUT2D eigenvalue weighted by atomic mass is 16.2. The molecule has 1 atom stereocenters. The highest BCUT2D eigenvalue weighted by Gasteiger charge is 2.39. The van der Waals surface area contributed by atoms with Gasteiger partial charge in [-0.3, -0.25) is 9.59 Å². The van der Waals surface area contributed by atoms with Crippen molar-refractivity contribution in [2.24, 2.45) is 5.92 Å². The normalized spacial score (nSPS) is 17.9. The topological polar surface area (TPSA) is 84.5 Å². The minimum Gasteiger partial charge on any atom is -0.399 e. The van der Waals surface area contributed by atoms with Gasteiger partial charge in [-0.05, 0) is 48.2 Å². The van der Waals surface area contributed by atoms with Crippen molar-refractivity contribution in [3.63, 3.8) is 0 Å². The summed E-state index contributed by atoms with van der Waals surface area (Å²) in [5.41, 5.74) is 10.7. The number of rotatable bonds is 5. The molecule has 5 rings (SSSR count). The number of benzene rings is 2. The predicted octanol–water partition coefficient (Wildman–Crippen LogP) is 2.65. The first-order valence-electron chi connectivity index (χ1n) is 10.6. The Morgan fingerprint density at radius 3 is 2.90 bits per heavy atom. The van der Waals surface area contributed by atoms with Gasteiger partial charge in [0, 0.05) is 55.5 Å². The molecule has 0 aliphatic carbocycles. The molecule has 0 saturated carbocycles. The molecule has 0 spiro atoms. The van der Waals surface area contributed by atoms with E-state index in [2.05, 4.69) is 27.8 Å². The third-order valence-electron chi connectivity index (χ3n) is 6.18. The molecule has 3 heterocycles. The van der Waals surface area contributed by atoms with Gasteiger partial charge in [0.1, 0.15) is 0 Å². The number of amides is 2. The zero-order valence-corrected chi connectivity index (χ0v) is 17.3. The molecular weight excluding hydrogens is 390 g/mol. The second kappa shape index (κ2) is 7.91. The van der Waals surface area contributed by atoms with Crippen molar-refractivity contribution < 1.29 is 9.59 Å². The molecule has 31 heavy (non-hydrogen) atoms. The lowest BCUT2D eigenvalue weighted by molar-refractivity contribution is -0.124. The average molecular weight is 415 g/mol. The quantitative estimate of drug-likeness (QED) is 0.650. The largest absolute Gasteiger partial charge is 0.399 e. The average Bonchev–Trinajstić information content (AvgIpc) is 3.51. The van der Waals surface area contributed by atoms with Crippen molar-refractivity contribution in [3.05, 3.63) is 72.3 Å². The van der Waals surface area contributed by atoms with Crippen LogP contribution in [0.2, 0.25) is 0 Å². The van der Waals surface area contributed by atoms with Gasteiger partial charge < -0.3 is 20.1 Å². The maximum Gasteiger partial charge on any atom is 0.232 e. The third-order valence-corrected chi connectivity index (χ3v) is 6.18. The van der Waals surface area contributed by atoms with Crippen molar-refractivity contribution in [1.29, 1.82) is 0 Å². The Balaban J connectivity index is 1.28. The van der Waals surface area contributed by atoms with E-state index in [-0.39, 0.29) is 24.2 Å². The van der Waals surface area contributed by atoms with Crippen LogP contribution in [-0.2, 0) is 29.0 Å². The Morgan fingerprint density at radius 1 is 1.19 bits per heavy atom. The number of nitrogen functional groups attached to an aromatic ring is 1. The van der Waals surface area contributed by atoms with E-state index in [9.17, 15) is 9.59 Å². The van der Waals surface area contributed by atoms with E-state index in [1.54, 1.807) is 23.2 Å². The minimum absolute atomic E-state index is 0.0294. The first kappa shape index (κ1) is 19.4. The van der Waals surface area contributed by atoms with Crippen LogP contribution in [0, 0.1) is 5.92 Å². The van der Waals surface area contributed by atoms with Crippen molar-refractivity contribution in [1.82, 2.24) is 9.55 Å². The van der Waals surface area contributed by atoms with Crippen LogP contribution in [0.25, 0.3) is 0 Å². The van der Waals surface area contributed by atoms with Crippen LogP contribution in [0.15, 0.2) is 61.2 Å². The molecule has 2 N–H and O–H groups in total. The van der Waals surface area contributed by atoms with E-state index < -0.39 is 0 Å². The zero-order valence-electron chi connectivity index (χ0n) is 17.3. The molecule has 2 amide bonds. The molecule has 7 nitrogen and oxygen atoms in total. The van der Waals surface area contributed by atoms with Gasteiger partial charge in [-0.1, -0.05) is 18.2 Å². The number of aromatic nitrogens is 2. The van der Waals surface area contributed by atoms with Gasteiger partial charge in [0.15, 0.2) is 0 Å². The summed E-state index contributed by atoms with van der Waals surface area (Å²) in [4.78, 5) is 33.5. The van der Waals surface area contributed by atoms with Crippen LogP contribution < -0.4 is 15.5 Å². The Hall–Kier alpha value is -3.61. The Morgan fingerprint density at radius 2 is 2.10 bits per heavy atom. The molecule has 1 saturated heterocycles. The van der Waals surface area contributed by atoms with Crippen molar-refractivity contribution in [2.45, 2.75) is 25.8 Å². The molecule has 0 bridgehead atoms. The molecular formula is C24H25N5O2. The zero-order chi connectivity index (χ0) is 21.4.